The topological polar surface area (TPSA) is 151 Å². The first-order valence-corrected chi connectivity index (χ1v) is 22.0. The Morgan fingerprint density at radius 2 is 1.50 bits per heavy atom. The van der Waals surface area contributed by atoms with Crippen LogP contribution in [0.1, 0.15) is 94.1 Å². The molecular weight excluding hydrogens is 705 g/mol. The van der Waals surface area contributed by atoms with Gasteiger partial charge in [0.05, 0.1) is 12.6 Å². The summed E-state index contributed by atoms with van der Waals surface area (Å²) in [5.41, 5.74) is 1.15. The molecule has 0 aliphatic carbocycles. The SMILES string of the molecule is CCC(C)[C@H](NC(=O)CN(C)C(=O)[C@@H](Cc1ccccc1)N(C)C(=O)[C@H](C)NC(=O)[C@@H](CC(C)C)OC(=O)/C(C)=C/CCO[Si](C)(C)C(C)(C)C)C(C)=O. The summed E-state index contributed by atoms with van der Waals surface area (Å²) in [5, 5.41) is 5.51. The van der Waals surface area contributed by atoms with Gasteiger partial charge in [0.2, 0.25) is 17.7 Å². The van der Waals surface area contributed by atoms with Gasteiger partial charge in [-0.2, -0.15) is 0 Å². The molecule has 0 fully saturated rings. The van der Waals surface area contributed by atoms with Crippen LogP contribution in [0.3, 0.4) is 0 Å². The average Bonchev–Trinajstić information content (AvgIpc) is 3.09. The van der Waals surface area contributed by atoms with Gasteiger partial charge in [0, 0.05) is 32.7 Å². The number of rotatable bonds is 21. The Labute approximate surface area is 325 Å². The van der Waals surface area contributed by atoms with Crippen LogP contribution in [0.25, 0.3) is 0 Å². The van der Waals surface area contributed by atoms with Crippen LogP contribution < -0.4 is 10.6 Å². The lowest BCUT2D eigenvalue weighted by Crippen LogP contribution is -2.56. The number of nitrogens with one attached hydrogen (secondary N) is 2. The van der Waals surface area contributed by atoms with E-state index in [-0.39, 0.29) is 42.0 Å². The van der Waals surface area contributed by atoms with Crippen LogP contribution in [0.5, 0.6) is 0 Å². The van der Waals surface area contributed by atoms with Gasteiger partial charge in [-0.1, -0.05) is 91.3 Å². The molecule has 54 heavy (non-hydrogen) atoms. The summed E-state index contributed by atoms with van der Waals surface area (Å²) in [6, 6.07) is 6.39. The second-order valence-corrected chi connectivity index (χ2v) is 21.2. The van der Waals surface area contributed by atoms with Crippen LogP contribution in [0, 0.1) is 11.8 Å². The number of benzene rings is 1. The highest BCUT2D eigenvalue weighted by Crippen LogP contribution is 2.36. The van der Waals surface area contributed by atoms with E-state index >= 15 is 0 Å². The maximum absolute atomic E-state index is 13.9. The van der Waals surface area contributed by atoms with Crippen LogP contribution in [0.15, 0.2) is 42.0 Å². The number of esters is 1. The van der Waals surface area contributed by atoms with Gasteiger partial charge in [-0.25, -0.2) is 4.79 Å². The Bertz CT molecular complexity index is 1460. The number of nitrogens with zero attached hydrogens (tertiary/aromatic N) is 2. The number of carbonyl (C=O) groups is 6. The van der Waals surface area contributed by atoms with E-state index in [4.69, 9.17) is 9.16 Å². The van der Waals surface area contributed by atoms with Crippen LogP contribution >= 0.6 is 0 Å². The maximum atomic E-state index is 13.9. The van der Waals surface area contributed by atoms with Gasteiger partial charge in [-0.05, 0) is 69.1 Å². The Hall–Kier alpha value is -3.84. The lowest BCUT2D eigenvalue weighted by molar-refractivity contribution is -0.154. The summed E-state index contributed by atoms with van der Waals surface area (Å²) in [6.07, 6.45) is 2.19. The molecule has 0 saturated heterocycles. The van der Waals surface area contributed by atoms with Crippen molar-refractivity contribution in [1.29, 1.82) is 0 Å². The van der Waals surface area contributed by atoms with Crippen LogP contribution in [-0.4, -0.2) is 105 Å². The van der Waals surface area contributed by atoms with Gasteiger partial charge in [0.25, 0.3) is 5.91 Å². The number of ketones is 1. The molecule has 0 spiro atoms. The predicted molar refractivity (Wildman–Crippen MR) is 215 cm³/mol. The van der Waals surface area contributed by atoms with E-state index in [2.05, 4.69) is 44.5 Å². The second-order valence-electron chi connectivity index (χ2n) is 16.4. The third kappa shape index (κ3) is 15.5. The van der Waals surface area contributed by atoms with Gasteiger partial charge in [-0.15, -0.1) is 0 Å². The summed E-state index contributed by atoms with van der Waals surface area (Å²) in [7, 11) is 1.02. The molecule has 304 valence electrons. The van der Waals surface area contributed by atoms with Crippen molar-refractivity contribution in [3.05, 3.63) is 47.5 Å². The number of hydrogen-bond acceptors (Lipinski definition) is 8. The van der Waals surface area contributed by atoms with Gasteiger partial charge in [-0.3, -0.25) is 24.0 Å². The molecule has 0 aromatic heterocycles. The van der Waals surface area contributed by atoms with Crippen LogP contribution in [-0.2, 0) is 44.4 Å². The average molecular weight is 773 g/mol. The number of carbonyl (C=O) groups excluding carboxylic acids is 6. The normalized spacial score (nSPS) is 15.0. The quantitative estimate of drug-likeness (QED) is 0.0725. The molecule has 1 rings (SSSR count). The number of amides is 4. The van der Waals surface area contributed by atoms with Crippen LogP contribution in [0.4, 0.5) is 0 Å². The predicted octanol–water partition coefficient (Wildman–Crippen LogP) is 5.46. The van der Waals surface area contributed by atoms with Crippen molar-refractivity contribution in [2.24, 2.45) is 11.8 Å². The first-order chi connectivity index (χ1) is 24.9. The highest BCUT2D eigenvalue weighted by molar-refractivity contribution is 6.74. The zero-order chi connectivity index (χ0) is 41.6. The van der Waals surface area contributed by atoms with Gasteiger partial charge >= 0.3 is 5.97 Å². The van der Waals surface area contributed by atoms with Gasteiger partial charge < -0.3 is 29.6 Å². The molecule has 12 nitrogen and oxygen atoms in total. The van der Waals surface area contributed by atoms with Gasteiger partial charge in [0.1, 0.15) is 12.1 Å². The lowest BCUT2D eigenvalue weighted by atomic mass is 9.96. The van der Waals surface area contributed by atoms with E-state index in [1.165, 1.54) is 37.7 Å². The molecule has 1 unspecified atom stereocenters. The largest absolute Gasteiger partial charge is 0.449 e. The van der Waals surface area contributed by atoms with E-state index in [0.717, 1.165) is 5.56 Å². The lowest BCUT2D eigenvalue weighted by Gasteiger charge is -2.36. The minimum absolute atomic E-state index is 0.000951. The fourth-order valence-electron chi connectivity index (χ4n) is 5.45. The van der Waals surface area contributed by atoms with Gasteiger partial charge in [0.15, 0.2) is 20.2 Å². The Balaban J connectivity index is 3.12. The Morgan fingerprint density at radius 1 is 0.907 bits per heavy atom. The molecule has 0 radical (unpaired) electrons. The third-order valence-corrected chi connectivity index (χ3v) is 14.8. The molecule has 0 bridgehead atoms. The zero-order valence-corrected chi connectivity index (χ0v) is 36.3. The van der Waals surface area contributed by atoms with Crippen molar-refractivity contribution in [3.8, 4) is 0 Å². The molecule has 0 aliphatic heterocycles. The molecule has 13 heteroatoms. The number of hydrogen-bond donors (Lipinski definition) is 2. The summed E-state index contributed by atoms with van der Waals surface area (Å²) >= 11 is 0. The van der Waals surface area contributed by atoms with Crippen molar-refractivity contribution in [2.45, 2.75) is 137 Å². The summed E-state index contributed by atoms with van der Waals surface area (Å²) < 4.78 is 11.9. The van der Waals surface area contributed by atoms with E-state index in [9.17, 15) is 28.8 Å². The minimum Gasteiger partial charge on any atom is -0.449 e. The fourth-order valence-corrected chi connectivity index (χ4v) is 6.51. The van der Waals surface area contributed by atoms with E-state index in [1.807, 2.05) is 58.0 Å². The Kier molecular flexibility index (Phi) is 19.5. The molecule has 1 aromatic carbocycles. The smallest absolute Gasteiger partial charge is 0.334 e. The van der Waals surface area contributed by atoms with Crippen molar-refractivity contribution in [3.63, 3.8) is 0 Å². The van der Waals surface area contributed by atoms with Crippen molar-refractivity contribution < 1.29 is 37.9 Å². The highest BCUT2D eigenvalue weighted by Gasteiger charge is 2.37. The maximum Gasteiger partial charge on any atom is 0.334 e. The first kappa shape index (κ1) is 48.2. The van der Waals surface area contributed by atoms with Crippen molar-refractivity contribution in [1.82, 2.24) is 20.4 Å². The van der Waals surface area contributed by atoms with E-state index < -0.39 is 62.1 Å². The van der Waals surface area contributed by atoms with E-state index in [1.54, 1.807) is 13.0 Å². The second kappa shape index (κ2) is 21.9. The molecule has 0 saturated carbocycles. The van der Waals surface area contributed by atoms with Crippen molar-refractivity contribution in [2.75, 3.05) is 27.2 Å². The molecule has 5 atom stereocenters. The zero-order valence-electron chi connectivity index (χ0n) is 35.3. The minimum atomic E-state index is -1.93. The standard InChI is InChI=1S/C41H68N4O8Si/c1-15-28(4)36(31(7)46)43-35(47)26-44(11)39(50)33(25-32-21-17-16-18-22-32)45(12)38(49)30(6)42-37(48)34(24-27(2)3)53-40(51)29(5)20-19-23-52-54(13,14)41(8,9)10/h16-18,20-22,27-28,30,33-34,36H,15,19,23-26H2,1-14H3,(H,42,48)(H,43,47)/b29-20+/t28?,30-,33+,34+,36-/m0/s1. The monoisotopic (exact) mass is 772 g/mol. The number of likely N-dealkylation sites (N-methyl/N-ethyl adjacent to an activating group) is 2. The number of ether oxygens (including phenoxy) is 1. The summed E-state index contributed by atoms with van der Waals surface area (Å²) in [6.45, 7) is 23.1. The summed E-state index contributed by atoms with van der Waals surface area (Å²) in [4.78, 5) is 82.0. The molecule has 2 N–H and O–H groups in total. The van der Waals surface area contributed by atoms with Crippen LogP contribution in [0.2, 0.25) is 18.1 Å². The molecule has 0 heterocycles. The molecular formula is C41H68N4O8Si. The fraction of sp³-hybridized carbons (Fsp3) is 0.659. The third-order valence-electron chi connectivity index (χ3n) is 10.2. The molecule has 0 aliphatic rings. The summed E-state index contributed by atoms with van der Waals surface area (Å²) in [5.74, 6) is -3.03. The molecule has 4 amide bonds. The first-order valence-electron chi connectivity index (χ1n) is 19.1. The van der Waals surface area contributed by atoms with E-state index in [0.29, 0.717) is 25.0 Å². The Morgan fingerprint density at radius 3 is 2.02 bits per heavy atom. The number of Topliss-reactive ketones (excluding diaryl/α,β-unsaturated/α-hetero) is 1. The van der Waals surface area contributed by atoms with Crippen molar-refractivity contribution >= 4 is 43.7 Å². The molecule has 1 aromatic rings. The highest BCUT2D eigenvalue weighted by atomic mass is 28.4.